The molecule has 0 aromatic rings. The Balaban J connectivity index is 2.28. The predicted octanol–water partition coefficient (Wildman–Crippen LogP) is -0.00420. The van der Waals surface area contributed by atoms with E-state index in [2.05, 4.69) is 10.1 Å². The number of nitrogens with zero attached hydrogens (tertiary/aromatic N) is 2. The van der Waals surface area contributed by atoms with Crippen molar-refractivity contribution in [1.82, 2.24) is 0 Å². The number of fused-ring (bicyclic) bond motifs is 1. The Morgan fingerprint density at radius 3 is 3.56 bits per heavy atom. The van der Waals surface area contributed by atoms with Gasteiger partial charge in [0.25, 0.3) is 6.04 Å². The summed E-state index contributed by atoms with van der Waals surface area (Å²) < 4.78 is 1.67. The molecule has 5 heteroatoms. The highest BCUT2D eigenvalue weighted by Gasteiger charge is 2.44. The Morgan fingerprint density at radius 1 is 1.89 bits per heavy atom. The molecule has 0 aromatic heterocycles. The minimum Gasteiger partial charge on any atom is -0.261 e. The molecule has 0 aromatic carbocycles. The summed E-state index contributed by atoms with van der Waals surface area (Å²) in [5.74, 6) is 1.40. The number of rotatable bonds is 0. The van der Waals surface area contributed by atoms with Crippen molar-refractivity contribution in [2.24, 2.45) is 5.28 Å². The fraction of sp³-hybridized carbons (Fsp3) is 0.750. The zero-order valence-corrected chi connectivity index (χ0v) is 5.43. The van der Waals surface area contributed by atoms with E-state index in [-0.39, 0.29) is 12.0 Å². The fourth-order valence-corrected chi connectivity index (χ4v) is 1.91. The van der Waals surface area contributed by atoms with Crippen LogP contribution < -0.4 is 0 Å². The molecule has 1 saturated heterocycles. The van der Waals surface area contributed by atoms with Gasteiger partial charge in [0.2, 0.25) is 5.88 Å². The van der Waals surface area contributed by atoms with Crippen molar-refractivity contribution in [3.63, 3.8) is 0 Å². The van der Waals surface area contributed by atoms with Crippen molar-refractivity contribution in [2.45, 2.75) is 6.04 Å². The third kappa shape index (κ3) is 0.642. The summed E-state index contributed by atoms with van der Waals surface area (Å²) in [6, 6.07) is -0.0880. The molecule has 2 aliphatic heterocycles. The average Bonchev–Trinajstić information content (AvgIpc) is 2.35. The van der Waals surface area contributed by atoms with Gasteiger partial charge in [-0.3, -0.25) is 4.84 Å². The molecule has 2 heterocycles. The summed E-state index contributed by atoms with van der Waals surface area (Å²) in [6.07, 6.45) is 0. The van der Waals surface area contributed by atoms with Gasteiger partial charge in [0.05, 0.1) is 5.75 Å². The van der Waals surface area contributed by atoms with E-state index in [4.69, 9.17) is 0 Å². The molecule has 1 fully saturated rings. The molecule has 0 radical (unpaired) electrons. The van der Waals surface area contributed by atoms with Gasteiger partial charge in [-0.25, -0.2) is 4.79 Å². The van der Waals surface area contributed by atoms with Crippen molar-refractivity contribution in [3.05, 3.63) is 0 Å². The van der Waals surface area contributed by atoms with Crippen LogP contribution in [0.15, 0.2) is 5.28 Å². The van der Waals surface area contributed by atoms with E-state index >= 15 is 0 Å². The van der Waals surface area contributed by atoms with Gasteiger partial charge in [-0.1, -0.05) is 16.5 Å². The van der Waals surface area contributed by atoms with Crippen molar-refractivity contribution in [2.75, 3.05) is 11.6 Å². The number of carbonyl (C=O) groups excluding carboxylic acids is 1. The molecular formula is C4H5N2O2S+. The number of hydrogen-bond acceptors (Lipinski definition) is 4. The minimum absolute atomic E-state index is 0.0880. The molecule has 4 nitrogen and oxygen atoms in total. The van der Waals surface area contributed by atoms with E-state index in [0.29, 0.717) is 0 Å². The van der Waals surface area contributed by atoms with E-state index < -0.39 is 0 Å². The van der Waals surface area contributed by atoms with Gasteiger partial charge in [0.15, 0.2) is 5.28 Å². The Labute approximate surface area is 55.8 Å². The second-order valence-corrected chi connectivity index (χ2v) is 2.95. The molecule has 9 heavy (non-hydrogen) atoms. The first-order chi connectivity index (χ1) is 4.38. The summed E-state index contributed by atoms with van der Waals surface area (Å²) >= 11 is 1.70. The maximum atomic E-state index is 10.7. The van der Waals surface area contributed by atoms with Crippen LogP contribution in [0.25, 0.3) is 0 Å². The topological polar surface area (TPSA) is 41.7 Å². The summed E-state index contributed by atoms with van der Waals surface area (Å²) in [5.41, 5.74) is 0. The van der Waals surface area contributed by atoms with Crippen LogP contribution >= 0.6 is 11.8 Å². The van der Waals surface area contributed by atoms with Crippen molar-refractivity contribution in [3.8, 4) is 0 Å². The molecule has 0 spiro atoms. The van der Waals surface area contributed by atoms with Gasteiger partial charge in [-0.15, -0.1) is 0 Å². The Kier molecular flexibility index (Phi) is 0.986. The third-order valence-electron chi connectivity index (χ3n) is 1.37. The van der Waals surface area contributed by atoms with Crippen LogP contribution in [-0.2, 0) is 9.63 Å². The third-order valence-corrected chi connectivity index (χ3v) is 2.37. The molecule has 48 valence electrons. The van der Waals surface area contributed by atoms with Crippen LogP contribution in [0.2, 0.25) is 0 Å². The molecular weight excluding hydrogens is 140 g/mol. The molecule has 0 amide bonds. The second-order valence-electron chi connectivity index (χ2n) is 1.95. The quantitative estimate of drug-likeness (QED) is 0.450. The van der Waals surface area contributed by atoms with E-state index in [0.717, 1.165) is 11.6 Å². The smallest absolute Gasteiger partial charge is 0.261 e. The first-order valence-electron chi connectivity index (χ1n) is 2.64. The summed E-state index contributed by atoms with van der Waals surface area (Å²) in [7, 11) is 0. The minimum atomic E-state index is -0.208. The van der Waals surface area contributed by atoms with E-state index in [1.807, 2.05) is 0 Å². The van der Waals surface area contributed by atoms with Crippen molar-refractivity contribution >= 4 is 17.7 Å². The van der Waals surface area contributed by atoms with Crippen LogP contribution in [0.4, 0.5) is 0 Å². The van der Waals surface area contributed by atoms with Crippen LogP contribution in [0.3, 0.4) is 0 Å². The van der Waals surface area contributed by atoms with Gasteiger partial charge < -0.3 is 0 Å². The first kappa shape index (κ1) is 5.22. The predicted molar refractivity (Wildman–Crippen MR) is 29.9 cm³/mol. The zero-order chi connectivity index (χ0) is 6.27. The highest BCUT2D eigenvalue weighted by molar-refractivity contribution is 7.99. The molecule has 0 aliphatic carbocycles. The van der Waals surface area contributed by atoms with Gasteiger partial charge in [0, 0.05) is 0 Å². The van der Waals surface area contributed by atoms with E-state index in [1.165, 1.54) is 0 Å². The van der Waals surface area contributed by atoms with E-state index in [1.54, 1.807) is 16.5 Å². The highest BCUT2D eigenvalue weighted by Crippen LogP contribution is 2.21. The van der Waals surface area contributed by atoms with Gasteiger partial charge >= 0.3 is 5.97 Å². The number of carbonyl (C=O) groups is 1. The molecule has 0 saturated carbocycles. The molecule has 2 aliphatic rings. The van der Waals surface area contributed by atoms with Gasteiger partial charge in [-0.05, 0) is 0 Å². The van der Waals surface area contributed by atoms with Crippen molar-refractivity contribution in [1.29, 1.82) is 0 Å². The van der Waals surface area contributed by atoms with Crippen LogP contribution in [0, 0.1) is 0 Å². The van der Waals surface area contributed by atoms with Crippen LogP contribution in [0.1, 0.15) is 0 Å². The lowest BCUT2D eigenvalue weighted by Gasteiger charge is -1.83. The molecule has 1 atom stereocenters. The monoisotopic (exact) mass is 145 g/mol. The normalized spacial score (nSPS) is 31.8. The molecule has 1 unspecified atom stereocenters. The summed E-state index contributed by atoms with van der Waals surface area (Å²) in [4.78, 5) is 15.1. The van der Waals surface area contributed by atoms with Crippen molar-refractivity contribution < 1.29 is 14.3 Å². The second kappa shape index (κ2) is 1.70. The molecule has 2 rings (SSSR count). The van der Waals surface area contributed by atoms with Gasteiger partial charge in [0.1, 0.15) is 0 Å². The van der Waals surface area contributed by atoms with Gasteiger partial charge in [-0.2, -0.15) is 0 Å². The standard InChI is InChI=1S/C4H5N2O2S/c7-4-3-1-9-2-6(3)5-8-4/h3H,1-2H2/q+1. The largest absolute Gasteiger partial charge is 0.411 e. The fourth-order valence-electron chi connectivity index (χ4n) is 0.858. The maximum Gasteiger partial charge on any atom is 0.411 e. The Morgan fingerprint density at radius 2 is 2.78 bits per heavy atom. The summed E-state index contributed by atoms with van der Waals surface area (Å²) in [6.45, 7) is 0. The average molecular weight is 145 g/mol. The lowest BCUT2D eigenvalue weighted by Crippen LogP contribution is -2.23. The summed E-state index contributed by atoms with van der Waals surface area (Å²) in [5, 5.41) is 3.54. The molecule has 0 bridgehead atoms. The van der Waals surface area contributed by atoms with Crippen LogP contribution in [-0.4, -0.2) is 28.3 Å². The SMILES string of the molecule is O=C1ON=[N+]2CSCC12. The van der Waals surface area contributed by atoms with E-state index in [9.17, 15) is 4.79 Å². The first-order valence-corrected chi connectivity index (χ1v) is 3.79. The lowest BCUT2D eigenvalue weighted by molar-refractivity contribution is -0.588. The Hall–Kier alpha value is -0.580. The Bertz CT molecular complexity index is 191. The maximum absolute atomic E-state index is 10.7. The lowest BCUT2D eigenvalue weighted by atomic mass is 10.4. The number of hydrogen-bond donors (Lipinski definition) is 0. The zero-order valence-electron chi connectivity index (χ0n) is 4.61. The molecule has 0 N–H and O–H groups in total. The number of thioether (sulfide) groups is 1. The van der Waals surface area contributed by atoms with Crippen LogP contribution in [0.5, 0.6) is 0 Å². The highest BCUT2D eigenvalue weighted by atomic mass is 32.2.